The Hall–Kier alpha value is -2.56. The summed E-state index contributed by atoms with van der Waals surface area (Å²) in [5.74, 6) is -0.250. The minimum atomic E-state index is -0.259. The lowest BCUT2D eigenvalue weighted by atomic mass is 9.99. The molecule has 0 fully saturated rings. The SMILES string of the molecule is C[n+]1cc2[n+](c3c1CCCC3)C(=O)N(c1ccccc1)C2=O. The number of para-hydroxylation sites is 1. The Bertz CT molecular complexity index is 799. The highest BCUT2D eigenvalue weighted by atomic mass is 16.2. The van der Waals surface area contributed by atoms with Crippen molar-refractivity contribution in [3.63, 3.8) is 0 Å². The maximum Gasteiger partial charge on any atom is 0.512 e. The van der Waals surface area contributed by atoms with Crippen LogP contribution in [0.2, 0.25) is 0 Å². The summed E-state index contributed by atoms with van der Waals surface area (Å²) in [5.41, 5.74) is 3.22. The molecule has 4 rings (SSSR count). The molecule has 2 aromatic rings. The van der Waals surface area contributed by atoms with E-state index in [0.29, 0.717) is 11.4 Å². The van der Waals surface area contributed by atoms with E-state index in [9.17, 15) is 9.59 Å². The highest BCUT2D eigenvalue weighted by Crippen LogP contribution is 2.23. The standard InChI is InChI=1S/C17H17N3O2/c1-18-11-15-16(21)19(12-7-3-2-4-8-12)17(22)20(15)14-10-6-5-9-13(14)18/h2-4,7-8,11H,5-6,9-10H2,1H3/q+2. The number of rotatable bonds is 1. The van der Waals surface area contributed by atoms with Gasteiger partial charge >= 0.3 is 11.9 Å². The van der Waals surface area contributed by atoms with Crippen LogP contribution in [0.25, 0.3) is 0 Å². The van der Waals surface area contributed by atoms with Crippen molar-refractivity contribution in [1.82, 2.24) is 0 Å². The van der Waals surface area contributed by atoms with Crippen LogP contribution in [-0.4, -0.2) is 11.9 Å². The number of hydrogen-bond acceptors (Lipinski definition) is 2. The van der Waals surface area contributed by atoms with Crippen LogP contribution in [0.3, 0.4) is 0 Å². The maximum absolute atomic E-state index is 12.8. The summed E-state index contributed by atoms with van der Waals surface area (Å²) >= 11 is 0. The molecular formula is C17H17N3O2+2. The van der Waals surface area contributed by atoms with Crippen molar-refractivity contribution in [2.45, 2.75) is 25.7 Å². The Morgan fingerprint density at radius 3 is 2.41 bits per heavy atom. The van der Waals surface area contributed by atoms with Crippen LogP contribution in [0.15, 0.2) is 36.5 Å². The van der Waals surface area contributed by atoms with Crippen LogP contribution >= 0.6 is 0 Å². The monoisotopic (exact) mass is 295 g/mol. The molecule has 0 bridgehead atoms. The topological polar surface area (TPSA) is 45.1 Å². The number of anilines is 1. The molecule has 0 unspecified atom stereocenters. The molecule has 1 aromatic heterocycles. The average Bonchev–Trinajstić information content (AvgIpc) is 2.80. The summed E-state index contributed by atoms with van der Waals surface area (Å²) in [6.07, 6.45) is 5.78. The number of nitrogens with zero attached hydrogens (tertiary/aromatic N) is 3. The fourth-order valence-electron chi connectivity index (χ4n) is 3.43. The molecule has 0 saturated carbocycles. The van der Waals surface area contributed by atoms with Gasteiger partial charge in [-0.1, -0.05) is 18.2 Å². The van der Waals surface area contributed by atoms with Crippen LogP contribution in [-0.2, 0) is 19.9 Å². The van der Waals surface area contributed by atoms with E-state index in [1.54, 1.807) is 22.9 Å². The lowest BCUT2D eigenvalue weighted by molar-refractivity contribution is -0.707. The van der Waals surface area contributed by atoms with E-state index >= 15 is 0 Å². The van der Waals surface area contributed by atoms with Crippen molar-refractivity contribution >= 4 is 17.6 Å². The second-order valence-corrected chi connectivity index (χ2v) is 5.82. The van der Waals surface area contributed by atoms with Crippen molar-refractivity contribution in [2.75, 3.05) is 4.90 Å². The summed E-state index contributed by atoms with van der Waals surface area (Å²) in [6.45, 7) is 0. The molecule has 0 radical (unpaired) electrons. The number of fused-ring (bicyclic) bond motifs is 3. The quantitative estimate of drug-likeness (QED) is 0.745. The number of carbonyl (C=O) groups is 2. The number of amides is 2. The number of carbonyl (C=O) groups excluding carboxylic acids is 2. The molecule has 0 spiro atoms. The van der Waals surface area contributed by atoms with E-state index < -0.39 is 0 Å². The Morgan fingerprint density at radius 2 is 1.68 bits per heavy atom. The van der Waals surface area contributed by atoms with Gasteiger partial charge in [0.15, 0.2) is 5.69 Å². The predicted molar refractivity (Wildman–Crippen MR) is 78.5 cm³/mol. The largest absolute Gasteiger partial charge is 0.512 e. The van der Waals surface area contributed by atoms with E-state index in [2.05, 4.69) is 0 Å². The number of imide groups is 1. The Balaban J connectivity index is 1.91. The third kappa shape index (κ3) is 1.71. The van der Waals surface area contributed by atoms with Gasteiger partial charge < -0.3 is 0 Å². The molecule has 110 valence electrons. The highest BCUT2D eigenvalue weighted by molar-refractivity contribution is 6.20. The smallest absolute Gasteiger partial charge is 0.236 e. The first-order chi connectivity index (χ1) is 10.7. The molecule has 22 heavy (non-hydrogen) atoms. The second-order valence-electron chi connectivity index (χ2n) is 5.82. The van der Waals surface area contributed by atoms with Gasteiger partial charge in [-0.3, -0.25) is 0 Å². The van der Waals surface area contributed by atoms with Gasteiger partial charge in [0.25, 0.3) is 5.69 Å². The highest BCUT2D eigenvalue weighted by Gasteiger charge is 2.51. The normalized spacial score (nSPS) is 16.7. The lowest BCUT2D eigenvalue weighted by Gasteiger charge is -2.12. The molecule has 0 saturated heterocycles. The molecule has 0 atom stereocenters. The van der Waals surface area contributed by atoms with Crippen molar-refractivity contribution < 1.29 is 18.7 Å². The van der Waals surface area contributed by atoms with E-state index in [0.717, 1.165) is 37.1 Å². The molecule has 1 aliphatic carbocycles. The third-order valence-corrected chi connectivity index (χ3v) is 4.48. The molecule has 2 aliphatic rings. The fourth-order valence-corrected chi connectivity index (χ4v) is 3.43. The summed E-state index contributed by atoms with van der Waals surface area (Å²) in [4.78, 5) is 26.8. The van der Waals surface area contributed by atoms with Crippen molar-refractivity contribution in [2.24, 2.45) is 7.05 Å². The zero-order valence-corrected chi connectivity index (χ0v) is 12.5. The minimum Gasteiger partial charge on any atom is -0.236 e. The minimum absolute atomic E-state index is 0.250. The molecule has 5 nitrogen and oxygen atoms in total. The van der Waals surface area contributed by atoms with Crippen molar-refractivity contribution in [1.29, 1.82) is 0 Å². The molecule has 1 aromatic carbocycles. The van der Waals surface area contributed by atoms with Gasteiger partial charge in [-0.15, -0.1) is 9.47 Å². The summed E-state index contributed by atoms with van der Waals surface area (Å²) in [5, 5.41) is 0. The van der Waals surface area contributed by atoms with Crippen LogP contribution in [0.5, 0.6) is 0 Å². The third-order valence-electron chi connectivity index (χ3n) is 4.48. The van der Waals surface area contributed by atoms with Gasteiger partial charge in [0.2, 0.25) is 11.9 Å². The molecule has 2 heterocycles. The summed E-state index contributed by atoms with van der Waals surface area (Å²) < 4.78 is 3.61. The lowest BCUT2D eigenvalue weighted by Crippen LogP contribution is -2.54. The van der Waals surface area contributed by atoms with Crippen LogP contribution in [0.1, 0.15) is 34.7 Å². The van der Waals surface area contributed by atoms with E-state index in [1.807, 2.05) is 29.8 Å². The van der Waals surface area contributed by atoms with Crippen LogP contribution in [0, 0.1) is 0 Å². The van der Waals surface area contributed by atoms with Crippen molar-refractivity contribution in [3.05, 3.63) is 53.6 Å². The van der Waals surface area contributed by atoms with Crippen molar-refractivity contribution in [3.8, 4) is 0 Å². The van der Waals surface area contributed by atoms with Gasteiger partial charge in [0.05, 0.1) is 0 Å². The second kappa shape index (κ2) is 4.73. The number of hydrogen-bond donors (Lipinski definition) is 0. The zero-order chi connectivity index (χ0) is 15.3. The molecule has 5 heteroatoms. The summed E-state index contributed by atoms with van der Waals surface area (Å²) in [7, 11) is 1.95. The van der Waals surface area contributed by atoms with E-state index in [-0.39, 0.29) is 11.9 Å². The zero-order valence-electron chi connectivity index (χ0n) is 12.5. The van der Waals surface area contributed by atoms with Gasteiger partial charge in [-0.25, -0.2) is 4.79 Å². The van der Waals surface area contributed by atoms with Crippen LogP contribution in [0.4, 0.5) is 10.5 Å². The van der Waals surface area contributed by atoms with Gasteiger partial charge in [0, 0.05) is 12.8 Å². The fraction of sp³-hybridized carbons (Fsp3) is 0.294. The molecule has 1 aliphatic heterocycles. The number of aromatic nitrogens is 2. The number of benzene rings is 1. The maximum atomic E-state index is 12.8. The number of aryl methyl sites for hydroxylation is 1. The average molecular weight is 295 g/mol. The molecule has 0 N–H and O–H groups in total. The van der Waals surface area contributed by atoms with E-state index in [1.165, 1.54) is 4.90 Å². The first-order valence-corrected chi connectivity index (χ1v) is 7.59. The van der Waals surface area contributed by atoms with E-state index in [4.69, 9.17) is 0 Å². The van der Waals surface area contributed by atoms with Crippen LogP contribution < -0.4 is 14.0 Å². The predicted octanol–water partition coefficient (Wildman–Crippen LogP) is 1.31. The van der Waals surface area contributed by atoms with Gasteiger partial charge in [-0.05, 0) is 25.0 Å². The Morgan fingerprint density at radius 1 is 1.00 bits per heavy atom. The molecule has 2 amide bonds. The first kappa shape index (κ1) is 13.1. The molecular weight excluding hydrogens is 278 g/mol. The Kier molecular flexibility index (Phi) is 2.82. The van der Waals surface area contributed by atoms with Gasteiger partial charge in [-0.2, -0.15) is 9.36 Å². The Labute approximate surface area is 128 Å². The first-order valence-electron chi connectivity index (χ1n) is 7.59. The summed E-state index contributed by atoms with van der Waals surface area (Å²) in [6, 6.07) is 8.85. The van der Waals surface area contributed by atoms with Gasteiger partial charge in [0.1, 0.15) is 12.7 Å².